The highest BCUT2D eigenvalue weighted by molar-refractivity contribution is 7.80. The molecule has 0 aromatic heterocycles. The van der Waals surface area contributed by atoms with Gasteiger partial charge in [-0.3, -0.25) is 4.79 Å². The molecule has 1 heterocycles. The van der Waals surface area contributed by atoms with Crippen LogP contribution in [0.2, 0.25) is 0 Å². The molecule has 0 radical (unpaired) electrons. The zero-order chi connectivity index (χ0) is 6.20. The molecule has 0 aliphatic carbocycles. The molecule has 8 heavy (non-hydrogen) atoms. The van der Waals surface area contributed by atoms with Gasteiger partial charge in [-0.25, -0.2) is 0 Å². The molecule has 1 aliphatic heterocycles. The molecule has 0 aromatic rings. The lowest BCUT2D eigenvalue weighted by Crippen LogP contribution is -2.60. The Kier molecular flexibility index (Phi) is 1.23. The molecule has 1 rings (SSSR count). The first-order valence-corrected chi connectivity index (χ1v) is 3.21. The molecule has 0 aromatic carbocycles. The zero-order valence-electron chi connectivity index (χ0n) is 4.77. The van der Waals surface area contributed by atoms with Crippen LogP contribution in [0.4, 0.5) is 0 Å². The van der Waals surface area contributed by atoms with Crippen LogP contribution in [0.15, 0.2) is 0 Å². The molecule has 1 N–H and O–H groups in total. The largest absolute Gasteiger partial charge is 0.350 e. The topological polar surface area (TPSA) is 29.1 Å². The van der Waals surface area contributed by atoms with Crippen molar-refractivity contribution in [3.05, 3.63) is 0 Å². The third-order valence-corrected chi connectivity index (χ3v) is 2.04. The number of hydrogen-bond donors (Lipinski definition) is 2. The van der Waals surface area contributed by atoms with Crippen molar-refractivity contribution in [3.63, 3.8) is 0 Å². The van der Waals surface area contributed by atoms with Gasteiger partial charge in [0, 0.05) is 5.75 Å². The predicted octanol–water partition coefficient (Wildman–Crippen LogP) is 0.195. The Hall–Kier alpha value is -0.180. The Morgan fingerprint density at radius 2 is 2.50 bits per heavy atom. The van der Waals surface area contributed by atoms with Crippen LogP contribution >= 0.6 is 12.6 Å². The van der Waals surface area contributed by atoms with Gasteiger partial charge in [-0.15, -0.1) is 0 Å². The van der Waals surface area contributed by atoms with E-state index in [0.29, 0.717) is 6.42 Å². The van der Waals surface area contributed by atoms with E-state index < -0.39 is 0 Å². The van der Waals surface area contributed by atoms with Crippen LogP contribution in [0, 0.1) is 0 Å². The second kappa shape index (κ2) is 1.65. The highest BCUT2D eigenvalue weighted by Crippen LogP contribution is 2.19. The van der Waals surface area contributed by atoms with Crippen molar-refractivity contribution in [1.29, 1.82) is 0 Å². The summed E-state index contributed by atoms with van der Waals surface area (Å²) in [5.74, 6) is 0.875. The maximum absolute atomic E-state index is 10.3. The highest BCUT2D eigenvalue weighted by atomic mass is 32.1. The number of rotatable bonds is 1. The molecule has 0 saturated carbocycles. The molecule has 1 atom stereocenters. The molecule has 1 fully saturated rings. The van der Waals surface area contributed by atoms with Gasteiger partial charge in [-0.2, -0.15) is 12.6 Å². The average molecular weight is 131 g/mol. The summed E-state index contributed by atoms with van der Waals surface area (Å²) in [6, 6.07) is 0. The molecule has 0 spiro atoms. The van der Waals surface area contributed by atoms with Crippen molar-refractivity contribution in [2.75, 3.05) is 5.75 Å². The maximum atomic E-state index is 10.3. The van der Waals surface area contributed by atoms with E-state index in [4.69, 9.17) is 0 Å². The van der Waals surface area contributed by atoms with Crippen molar-refractivity contribution in [3.8, 4) is 0 Å². The quantitative estimate of drug-likeness (QED) is 0.386. The van der Waals surface area contributed by atoms with Gasteiger partial charge in [-0.05, 0) is 6.92 Å². The van der Waals surface area contributed by atoms with Gasteiger partial charge in [0.2, 0.25) is 5.91 Å². The summed E-state index contributed by atoms with van der Waals surface area (Å²) in [7, 11) is 0. The minimum atomic E-state index is 0.000193. The lowest BCUT2D eigenvalue weighted by molar-refractivity contribution is -0.131. The second-order valence-electron chi connectivity index (χ2n) is 2.44. The fraction of sp³-hybridized carbons (Fsp3) is 0.800. The van der Waals surface area contributed by atoms with Crippen molar-refractivity contribution < 1.29 is 4.79 Å². The maximum Gasteiger partial charge on any atom is 0.222 e. The third kappa shape index (κ3) is 0.823. The van der Waals surface area contributed by atoms with E-state index in [1.165, 1.54) is 0 Å². The number of amides is 1. The van der Waals surface area contributed by atoms with Crippen LogP contribution in [0.3, 0.4) is 0 Å². The summed E-state index contributed by atoms with van der Waals surface area (Å²) in [6.45, 7) is 1.99. The summed E-state index contributed by atoms with van der Waals surface area (Å²) < 4.78 is 0. The second-order valence-corrected chi connectivity index (χ2v) is 2.76. The van der Waals surface area contributed by atoms with Crippen molar-refractivity contribution in [2.24, 2.45) is 0 Å². The van der Waals surface area contributed by atoms with E-state index in [-0.39, 0.29) is 11.4 Å². The fourth-order valence-corrected chi connectivity index (χ4v) is 0.959. The molecule has 1 unspecified atom stereocenters. The van der Waals surface area contributed by atoms with Crippen molar-refractivity contribution in [1.82, 2.24) is 5.32 Å². The van der Waals surface area contributed by atoms with Gasteiger partial charge in [-0.1, -0.05) is 0 Å². The number of carbonyl (C=O) groups is 1. The van der Waals surface area contributed by atoms with E-state index in [1.54, 1.807) is 0 Å². The smallest absolute Gasteiger partial charge is 0.222 e. The molecule has 1 aliphatic rings. The number of hydrogen-bond acceptors (Lipinski definition) is 2. The van der Waals surface area contributed by atoms with E-state index in [1.807, 2.05) is 6.92 Å². The predicted molar refractivity (Wildman–Crippen MR) is 35.0 cm³/mol. The fourth-order valence-electron chi connectivity index (χ4n) is 0.768. The van der Waals surface area contributed by atoms with Crippen LogP contribution < -0.4 is 5.32 Å². The van der Waals surface area contributed by atoms with E-state index in [9.17, 15) is 4.79 Å². The van der Waals surface area contributed by atoms with Gasteiger partial charge >= 0.3 is 0 Å². The summed E-state index contributed by atoms with van der Waals surface area (Å²) >= 11 is 4.06. The number of β-lactam (4-membered cyclic amide) rings is 1. The van der Waals surface area contributed by atoms with E-state index in [0.717, 1.165) is 5.75 Å². The van der Waals surface area contributed by atoms with Crippen LogP contribution in [0.1, 0.15) is 13.3 Å². The molecule has 1 amide bonds. The van der Waals surface area contributed by atoms with Gasteiger partial charge in [0.05, 0.1) is 12.0 Å². The lowest BCUT2D eigenvalue weighted by atomic mass is 9.92. The molecule has 2 nitrogen and oxygen atoms in total. The average Bonchev–Trinajstić information content (AvgIpc) is 1.63. The molecule has 1 saturated heterocycles. The number of thiol groups is 1. The minimum Gasteiger partial charge on any atom is -0.350 e. The Bertz CT molecular complexity index is 116. The summed E-state index contributed by atoms with van der Waals surface area (Å²) in [4.78, 5) is 10.3. The monoisotopic (exact) mass is 131 g/mol. The SMILES string of the molecule is CC1(CS)CC(=O)N1. The summed E-state index contributed by atoms with van der Waals surface area (Å²) in [6.07, 6.45) is 0.635. The van der Waals surface area contributed by atoms with E-state index >= 15 is 0 Å². The van der Waals surface area contributed by atoms with Gasteiger partial charge < -0.3 is 5.32 Å². The molecular formula is C5H9NOS. The molecule has 3 heteroatoms. The van der Waals surface area contributed by atoms with Gasteiger partial charge in [0.15, 0.2) is 0 Å². The third-order valence-electron chi connectivity index (χ3n) is 1.34. The number of nitrogens with one attached hydrogen (secondary N) is 1. The van der Waals surface area contributed by atoms with Crippen LogP contribution in [-0.2, 0) is 4.79 Å². The summed E-state index contributed by atoms with van der Waals surface area (Å²) in [5, 5.41) is 2.75. The Morgan fingerprint density at radius 1 is 2.00 bits per heavy atom. The molecule has 0 bridgehead atoms. The minimum absolute atomic E-state index is 0.000193. The Labute approximate surface area is 54.1 Å². The van der Waals surface area contributed by atoms with Gasteiger partial charge in [0.25, 0.3) is 0 Å². The first kappa shape index (κ1) is 5.95. The summed E-state index contributed by atoms with van der Waals surface area (Å²) in [5.41, 5.74) is 0.000193. The highest BCUT2D eigenvalue weighted by Gasteiger charge is 2.36. The normalized spacial score (nSPS) is 36.0. The van der Waals surface area contributed by atoms with Crippen LogP contribution in [0.25, 0.3) is 0 Å². The zero-order valence-corrected chi connectivity index (χ0v) is 5.66. The first-order chi connectivity index (χ1) is 3.66. The van der Waals surface area contributed by atoms with Crippen LogP contribution in [-0.4, -0.2) is 17.2 Å². The first-order valence-electron chi connectivity index (χ1n) is 2.58. The van der Waals surface area contributed by atoms with Crippen molar-refractivity contribution in [2.45, 2.75) is 18.9 Å². The van der Waals surface area contributed by atoms with E-state index in [2.05, 4.69) is 17.9 Å². The molecular weight excluding hydrogens is 122 g/mol. The van der Waals surface area contributed by atoms with Crippen molar-refractivity contribution >= 4 is 18.5 Å². The van der Waals surface area contributed by atoms with Gasteiger partial charge in [0.1, 0.15) is 0 Å². The number of carbonyl (C=O) groups excluding carboxylic acids is 1. The lowest BCUT2D eigenvalue weighted by Gasteiger charge is -2.37. The Morgan fingerprint density at radius 3 is 2.62 bits per heavy atom. The molecule has 46 valence electrons. The van der Waals surface area contributed by atoms with Crippen LogP contribution in [0.5, 0.6) is 0 Å². The Balaban J connectivity index is 2.40. The standard InChI is InChI=1S/C5H9NOS/c1-5(3-8)2-4(7)6-5/h8H,2-3H2,1H3,(H,6,7).